The van der Waals surface area contributed by atoms with E-state index in [0.29, 0.717) is 32.7 Å². The smallest absolute Gasteiger partial charge is 0.233 e. The number of methoxy groups -OCH3 is 1. The van der Waals surface area contributed by atoms with E-state index in [4.69, 9.17) is 4.74 Å². The van der Waals surface area contributed by atoms with Crippen LogP contribution in [0.1, 0.15) is 13.3 Å². The molecule has 2 amide bonds. The molecule has 3 N–H and O–H groups in total. The maximum Gasteiger partial charge on any atom is 0.233 e. The fourth-order valence-corrected chi connectivity index (χ4v) is 1.04. The highest BCUT2D eigenvalue weighted by Crippen LogP contribution is 1.77. The molecule has 0 aromatic carbocycles. The molecule has 0 aliphatic heterocycles. The van der Waals surface area contributed by atoms with Crippen molar-refractivity contribution in [3.63, 3.8) is 0 Å². The first-order valence-electron chi connectivity index (χ1n) is 5.43. The van der Waals surface area contributed by atoms with Gasteiger partial charge in [-0.15, -0.1) is 0 Å². The van der Waals surface area contributed by atoms with E-state index in [1.54, 1.807) is 7.11 Å². The minimum Gasteiger partial charge on any atom is -0.383 e. The molecule has 0 spiro atoms. The lowest BCUT2D eigenvalue weighted by Crippen LogP contribution is -2.36. The molecular formula is C10H21N3O3. The lowest BCUT2D eigenvalue weighted by molar-refractivity contribution is -0.122. The quantitative estimate of drug-likeness (QED) is 0.438. The van der Waals surface area contributed by atoms with Crippen LogP contribution in [-0.4, -0.2) is 51.7 Å². The van der Waals surface area contributed by atoms with Crippen LogP contribution in [0.15, 0.2) is 0 Å². The van der Waals surface area contributed by atoms with E-state index in [-0.39, 0.29) is 18.4 Å². The number of carbonyl (C=O) groups excluding carboxylic acids is 2. The van der Waals surface area contributed by atoms with Crippen LogP contribution in [0, 0.1) is 0 Å². The van der Waals surface area contributed by atoms with Crippen LogP contribution in [0.25, 0.3) is 0 Å². The summed E-state index contributed by atoms with van der Waals surface area (Å²) in [4.78, 5) is 22.2. The summed E-state index contributed by atoms with van der Waals surface area (Å²) in [5.74, 6) is -0.0947. The van der Waals surface area contributed by atoms with Gasteiger partial charge in [-0.2, -0.15) is 0 Å². The Balaban J connectivity index is 3.30. The molecule has 0 rings (SSSR count). The summed E-state index contributed by atoms with van der Waals surface area (Å²) in [6.07, 6.45) is 0.364. The SMILES string of the molecule is CCNC(=O)CNCCC(=O)NCCOC. The van der Waals surface area contributed by atoms with Crippen LogP contribution in [-0.2, 0) is 14.3 Å². The molecule has 0 bridgehead atoms. The van der Waals surface area contributed by atoms with Crippen molar-refractivity contribution in [3.05, 3.63) is 0 Å². The fourth-order valence-electron chi connectivity index (χ4n) is 1.04. The second-order valence-electron chi connectivity index (χ2n) is 3.22. The Morgan fingerprint density at radius 1 is 1.12 bits per heavy atom. The summed E-state index contributed by atoms with van der Waals surface area (Å²) in [7, 11) is 1.58. The molecule has 16 heavy (non-hydrogen) atoms. The van der Waals surface area contributed by atoms with Gasteiger partial charge in [0, 0.05) is 33.2 Å². The van der Waals surface area contributed by atoms with Crippen molar-refractivity contribution >= 4 is 11.8 Å². The number of rotatable bonds is 9. The molecule has 0 fully saturated rings. The van der Waals surface area contributed by atoms with Crippen molar-refractivity contribution in [2.24, 2.45) is 0 Å². The maximum atomic E-state index is 11.2. The molecule has 0 radical (unpaired) electrons. The molecule has 6 heteroatoms. The predicted octanol–water partition coefficient (Wildman–Crippen LogP) is -1.14. The van der Waals surface area contributed by atoms with E-state index in [1.165, 1.54) is 0 Å². The molecule has 0 aromatic heterocycles. The van der Waals surface area contributed by atoms with E-state index in [0.717, 1.165) is 0 Å². The third kappa shape index (κ3) is 9.42. The number of ether oxygens (including phenoxy) is 1. The first kappa shape index (κ1) is 14.9. The average molecular weight is 231 g/mol. The van der Waals surface area contributed by atoms with Gasteiger partial charge in [-0.1, -0.05) is 0 Å². The van der Waals surface area contributed by atoms with Gasteiger partial charge in [0.1, 0.15) is 0 Å². The lowest BCUT2D eigenvalue weighted by atomic mass is 10.4. The molecule has 0 saturated carbocycles. The Hall–Kier alpha value is -1.14. The molecular weight excluding hydrogens is 210 g/mol. The van der Waals surface area contributed by atoms with Crippen LogP contribution in [0.3, 0.4) is 0 Å². The lowest BCUT2D eigenvalue weighted by Gasteiger charge is -2.06. The van der Waals surface area contributed by atoms with E-state index in [9.17, 15) is 9.59 Å². The van der Waals surface area contributed by atoms with Gasteiger partial charge < -0.3 is 20.7 Å². The van der Waals surface area contributed by atoms with Crippen LogP contribution >= 0.6 is 0 Å². The van der Waals surface area contributed by atoms with E-state index >= 15 is 0 Å². The summed E-state index contributed by atoms with van der Waals surface area (Å²) in [5, 5.41) is 8.24. The van der Waals surface area contributed by atoms with Crippen LogP contribution < -0.4 is 16.0 Å². The molecule has 0 atom stereocenters. The number of likely N-dealkylation sites (N-methyl/N-ethyl adjacent to an activating group) is 1. The normalized spacial score (nSPS) is 9.88. The van der Waals surface area contributed by atoms with Gasteiger partial charge in [0.05, 0.1) is 13.2 Å². The monoisotopic (exact) mass is 231 g/mol. The second kappa shape index (κ2) is 10.4. The van der Waals surface area contributed by atoms with E-state index < -0.39 is 0 Å². The van der Waals surface area contributed by atoms with Crippen LogP contribution in [0.5, 0.6) is 0 Å². The molecule has 0 aliphatic rings. The highest BCUT2D eigenvalue weighted by atomic mass is 16.5. The van der Waals surface area contributed by atoms with Gasteiger partial charge >= 0.3 is 0 Å². The zero-order chi connectivity index (χ0) is 12.2. The summed E-state index contributed by atoms with van der Waals surface area (Å²) >= 11 is 0. The van der Waals surface area contributed by atoms with Crippen molar-refractivity contribution in [2.45, 2.75) is 13.3 Å². The zero-order valence-electron chi connectivity index (χ0n) is 9.97. The van der Waals surface area contributed by atoms with Gasteiger partial charge in [0.2, 0.25) is 11.8 Å². The Morgan fingerprint density at radius 2 is 1.88 bits per heavy atom. The number of hydrogen-bond acceptors (Lipinski definition) is 4. The fraction of sp³-hybridized carbons (Fsp3) is 0.800. The van der Waals surface area contributed by atoms with Crippen molar-refractivity contribution in [1.82, 2.24) is 16.0 Å². The molecule has 6 nitrogen and oxygen atoms in total. The minimum atomic E-state index is -0.0534. The van der Waals surface area contributed by atoms with Crippen molar-refractivity contribution < 1.29 is 14.3 Å². The molecule has 0 aliphatic carbocycles. The standard InChI is InChI=1S/C10H21N3O3/c1-3-12-10(15)8-11-5-4-9(14)13-6-7-16-2/h11H,3-8H2,1-2H3,(H,12,15)(H,13,14). The summed E-state index contributed by atoms with van der Waals surface area (Å²) in [6, 6.07) is 0. The average Bonchev–Trinajstić information content (AvgIpc) is 2.25. The third-order valence-electron chi connectivity index (χ3n) is 1.82. The van der Waals surface area contributed by atoms with Gasteiger partial charge in [-0.3, -0.25) is 9.59 Å². The highest BCUT2D eigenvalue weighted by molar-refractivity contribution is 5.78. The summed E-state index contributed by atoms with van der Waals surface area (Å²) in [5.41, 5.74) is 0. The Labute approximate surface area is 96.1 Å². The molecule has 0 unspecified atom stereocenters. The minimum absolute atomic E-state index is 0.0413. The molecule has 0 saturated heterocycles. The number of nitrogens with one attached hydrogen (secondary N) is 3. The second-order valence-corrected chi connectivity index (χ2v) is 3.22. The summed E-state index contributed by atoms with van der Waals surface area (Å²) < 4.78 is 4.79. The van der Waals surface area contributed by atoms with Crippen LogP contribution in [0.4, 0.5) is 0 Å². The summed E-state index contributed by atoms with van der Waals surface area (Å²) in [6.45, 7) is 4.26. The van der Waals surface area contributed by atoms with Crippen molar-refractivity contribution in [2.75, 3.05) is 39.9 Å². The maximum absolute atomic E-state index is 11.2. The first-order valence-corrected chi connectivity index (χ1v) is 5.43. The Kier molecular flexibility index (Phi) is 9.64. The third-order valence-corrected chi connectivity index (χ3v) is 1.82. The largest absolute Gasteiger partial charge is 0.383 e. The van der Waals surface area contributed by atoms with E-state index in [1.807, 2.05) is 6.92 Å². The molecule has 0 heterocycles. The van der Waals surface area contributed by atoms with E-state index in [2.05, 4.69) is 16.0 Å². The van der Waals surface area contributed by atoms with Crippen molar-refractivity contribution in [3.8, 4) is 0 Å². The predicted molar refractivity (Wildman–Crippen MR) is 61.1 cm³/mol. The molecule has 94 valence electrons. The van der Waals surface area contributed by atoms with Crippen molar-refractivity contribution in [1.29, 1.82) is 0 Å². The van der Waals surface area contributed by atoms with Gasteiger partial charge in [-0.25, -0.2) is 0 Å². The molecule has 0 aromatic rings. The number of amides is 2. The zero-order valence-corrected chi connectivity index (χ0v) is 9.97. The topological polar surface area (TPSA) is 79.5 Å². The number of hydrogen-bond donors (Lipinski definition) is 3. The Morgan fingerprint density at radius 3 is 2.50 bits per heavy atom. The van der Waals surface area contributed by atoms with Gasteiger partial charge in [0.25, 0.3) is 0 Å². The highest BCUT2D eigenvalue weighted by Gasteiger charge is 2.01. The van der Waals surface area contributed by atoms with Crippen LogP contribution in [0.2, 0.25) is 0 Å². The van der Waals surface area contributed by atoms with Gasteiger partial charge in [0.15, 0.2) is 0 Å². The number of carbonyl (C=O) groups is 2. The Bertz CT molecular complexity index is 209. The van der Waals surface area contributed by atoms with Gasteiger partial charge in [-0.05, 0) is 6.92 Å². The first-order chi connectivity index (χ1) is 7.70.